The Hall–Kier alpha value is -5.13. The highest BCUT2D eigenvalue weighted by atomic mass is 35.5. The summed E-state index contributed by atoms with van der Waals surface area (Å²) in [4.78, 5) is 55.4. The lowest BCUT2D eigenvalue weighted by atomic mass is 10.0. The Morgan fingerprint density at radius 2 is 1.75 bits per heavy atom. The Balaban J connectivity index is 1.21. The first-order chi connectivity index (χ1) is 26.9. The molecule has 6 rings (SSSR count). The van der Waals surface area contributed by atoms with Gasteiger partial charge in [0, 0.05) is 49.7 Å². The SMILES string of the molecule is COC(=O)N[C@H](C(=O)N1C[Si](C)(C)C[C@H]1c1ncc(-c2ccc(-c3cc(Cl)c(NC(=O)c4ccc(N5CCNC[C@H]5C)nc4)cc3OC(F)(F)F)cc2)[nH]1)C(C)C. The van der Waals surface area contributed by atoms with E-state index >= 15 is 0 Å². The molecule has 57 heavy (non-hydrogen) atoms. The number of amides is 3. The van der Waals surface area contributed by atoms with Crippen LogP contribution in [0.1, 0.15) is 43.0 Å². The van der Waals surface area contributed by atoms with Crippen LogP contribution < -0.4 is 25.6 Å². The second-order valence-corrected chi connectivity index (χ2v) is 20.9. The fraction of sp³-hybridized carbons (Fsp3) is 0.410. The van der Waals surface area contributed by atoms with Crippen molar-refractivity contribution in [1.82, 2.24) is 30.5 Å². The first-order valence-electron chi connectivity index (χ1n) is 18.6. The largest absolute Gasteiger partial charge is 0.573 e. The van der Waals surface area contributed by atoms with E-state index in [1.54, 1.807) is 47.5 Å². The number of carbonyl (C=O) groups is 3. The summed E-state index contributed by atoms with van der Waals surface area (Å²) in [6, 6.07) is 12.2. The van der Waals surface area contributed by atoms with Gasteiger partial charge in [-0.15, -0.1) is 13.2 Å². The van der Waals surface area contributed by atoms with Crippen molar-refractivity contribution in [3.05, 3.63) is 77.3 Å². The summed E-state index contributed by atoms with van der Waals surface area (Å²) in [5, 5.41) is 8.58. The van der Waals surface area contributed by atoms with Crippen LogP contribution in [0, 0.1) is 5.92 Å². The van der Waals surface area contributed by atoms with Crippen LogP contribution in [-0.2, 0) is 9.53 Å². The molecule has 4 aromatic rings. The highest BCUT2D eigenvalue weighted by Crippen LogP contribution is 2.41. The van der Waals surface area contributed by atoms with Gasteiger partial charge in [-0.05, 0) is 48.2 Å². The maximum absolute atomic E-state index is 13.8. The molecule has 18 heteroatoms. The van der Waals surface area contributed by atoms with E-state index < -0.39 is 38.2 Å². The minimum atomic E-state index is -5.03. The zero-order valence-electron chi connectivity index (χ0n) is 32.5. The third-order valence-corrected chi connectivity index (χ3v) is 13.2. The first kappa shape index (κ1) is 41.5. The maximum Gasteiger partial charge on any atom is 0.573 e. The average molecular weight is 827 g/mol. The number of anilines is 2. The summed E-state index contributed by atoms with van der Waals surface area (Å²) in [6.45, 7) is 12.5. The number of ether oxygens (including phenoxy) is 2. The number of nitrogens with zero attached hydrogens (tertiary/aromatic N) is 4. The number of hydrogen-bond acceptors (Lipinski definition) is 9. The number of alkyl halides is 3. The molecule has 13 nitrogen and oxygen atoms in total. The number of pyridine rings is 1. The number of aromatic nitrogens is 3. The first-order valence-corrected chi connectivity index (χ1v) is 22.4. The molecule has 4 N–H and O–H groups in total. The van der Waals surface area contributed by atoms with E-state index in [-0.39, 0.29) is 45.7 Å². The molecule has 2 aromatic carbocycles. The number of imidazole rings is 1. The summed E-state index contributed by atoms with van der Waals surface area (Å²) in [7, 11) is -0.606. The van der Waals surface area contributed by atoms with Crippen molar-refractivity contribution in [2.45, 2.75) is 64.4 Å². The maximum atomic E-state index is 13.8. The van der Waals surface area contributed by atoms with Crippen molar-refractivity contribution in [3.8, 4) is 28.1 Å². The number of nitrogens with one attached hydrogen (secondary N) is 4. The lowest BCUT2D eigenvalue weighted by Gasteiger charge is -2.34. The second kappa shape index (κ2) is 16.8. The van der Waals surface area contributed by atoms with E-state index in [1.165, 1.54) is 19.4 Å². The van der Waals surface area contributed by atoms with Crippen molar-refractivity contribution >= 4 is 49.1 Å². The number of hydrogen-bond donors (Lipinski definition) is 4. The van der Waals surface area contributed by atoms with E-state index in [2.05, 4.69) is 60.6 Å². The third-order valence-electron chi connectivity index (χ3n) is 10.2. The van der Waals surface area contributed by atoms with Crippen LogP contribution in [0.4, 0.5) is 29.5 Å². The van der Waals surface area contributed by atoms with Crippen molar-refractivity contribution in [3.63, 3.8) is 0 Å². The van der Waals surface area contributed by atoms with Crippen LogP contribution in [0.25, 0.3) is 22.4 Å². The van der Waals surface area contributed by atoms with Gasteiger partial charge in [0.2, 0.25) is 5.91 Å². The second-order valence-electron chi connectivity index (χ2n) is 15.4. The lowest BCUT2D eigenvalue weighted by molar-refractivity contribution is -0.274. The zero-order chi connectivity index (χ0) is 41.2. The third kappa shape index (κ3) is 9.71. The number of benzene rings is 2. The highest BCUT2D eigenvalue weighted by molar-refractivity contribution is 6.78. The Kier molecular flexibility index (Phi) is 12.2. The summed E-state index contributed by atoms with van der Waals surface area (Å²) in [6.07, 6.45) is -2.07. The normalized spacial score (nSPS) is 18.6. The van der Waals surface area contributed by atoms with Crippen molar-refractivity contribution in [1.29, 1.82) is 0 Å². The van der Waals surface area contributed by atoms with Crippen LogP contribution in [0.3, 0.4) is 0 Å². The number of carbonyl (C=O) groups excluding carboxylic acids is 3. The van der Waals surface area contributed by atoms with Gasteiger partial charge in [0.15, 0.2) is 0 Å². The molecule has 3 amide bonds. The predicted molar refractivity (Wildman–Crippen MR) is 214 cm³/mol. The van der Waals surface area contributed by atoms with Gasteiger partial charge in [0.25, 0.3) is 5.91 Å². The van der Waals surface area contributed by atoms with Crippen LogP contribution in [0.2, 0.25) is 24.2 Å². The number of alkyl carbamates (subject to hydrolysis) is 1. The van der Waals surface area contributed by atoms with Crippen LogP contribution in [0.15, 0.2) is 60.9 Å². The van der Waals surface area contributed by atoms with Crippen molar-refractivity contribution in [2.75, 3.05) is 43.1 Å². The monoisotopic (exact) mass is 826 g/mol. The molecule has 0 aliphatic carbocycles. The van der Waals surface area contributed by atoms with Gasteiger partial charge < -0.3 is 40.2 Å². The molecular weight excluding hydrogens is 781 g/mol. The van der Waals surface area contributed by atoms with Crippen LogP contribution in [-0.4, -0.2) is 97.2 Å². The molecule has 0 radical (unpaired) electrons. The fourth-order valence-electron chi connectivity index (χ4n) is 7.26. The Morgan fingerprint density at radius 1 is 1.04 bits per heavy atom. The molecule has 4 heterocycles. The van der Waals surface area contributed by atoms with E-state index in [1.807, 2.05) is 13.8 Å². The van der Waals surface area contributed by atoms with E-state index in [0.717, 1.165) is 31.7 Å². The van der Waals surface area contributed by atoms with Crippen LogP contribution >= 0.6 is 11.6 Å². The van der Waals surface area contributed by atoms with Gasteiger partial charge in [-0.2, -0.15) is 0 Å². The van der Waals surface area contributed by atoms with E-state index in [9.17, 15) is 27.6 Å². The number of halogens is 4. The van der Waals surface area contributed by atoms with Crippen molar-refractivity contribution in [2.24, 2.45) is 5.92 Å². The minimum absolute atomic E-state index is 0.00184. The number of aromatic amines is 1. The average Bonchev–Trinajstić information content (AvgIpc) is 3.78. The van der Waals surface area contributed by atoms with Gasteiger partial charge in [-0.3, -0.25) is 9.59 Å². The topological polar surface area (TPSA) is 154 Å². The number of methoxy groups -OCH3 is 1. The van der Waals surface area contributed by atoms with Crippen LogP contribution in [0.5, 0.6) is 5.75 Å². The van der Waals surface area contributed by atoms with Gasteiger partial charge in [0.1, 0.15) is 23.4 Å². The molecule has 0 unspecified atom stereocenters. The standard InChI is InChI=1S/C39H46ClF3N8O5Si/c1-22(2)34(49-38(54)55-4)37(53)51-21-57(5,6)20-31(51)35-46-19-30(47-35)25-9-7-24(8-10-25)27-15-28(40)29(16-32(27)56-39(41,42)43)48-36(52)26-11-12-33(45-18-26)50-14-13-44-17-23(50)3/h7-12,15-16,18-19,22-23,31,34,44H,13-14,17,20-21H2,1-6H3,(H,46,47)(H,48,52)(H,49,54)/t23-,31+,34+/m1/s1. The molecular formula is C39H46ClF3N8O5Si. The molecule has 304 valence electrons. The summed E-state index contributed by atoms with van der Waals surface area (Å²) >= 11 is 6.57. The fourth-order valence-corrected chi connectivity index (χ4v) is 10.4. The summed E-state index contributed by atoms with van der Waals surface area (Å²) < 4.78 is 50.3. The zero-order valence-corrected chi connectivity index (χ0v) is 34.2. The Labute approximate surface area is 334 Å². The Morgan fingerprint density at radius 3 is 2.39 bits per heavy atom. The van der Waals surface area contributed by atoms with Gasteiger partial charge >= 0.3 is 12.5 Å². The molecule has 2 fully saturated rings. The minimum Gasteiger partial charge on any atom is -0.453 e. The molecule has 3 atom stereocenters. The van der Waals surface area contributed by atoms with E-state index in [4.69, 9.17) is 16.3 Å². The quantitative estimate of drug-likeness (QED) is 0.121. The predicted octanol–water partition coefficient (Wildman–Crippen LogP) is 7.25. The molecule has 2 aromatic heterocycles. The summed E-state index contributed by atoms with van der Waals surface area (Å²) in [5.41, 5.74) is 1.88. The highest BCUT2D eigenvalue weighted by Gasteiger charge is 2.45. The van der Waals surface area contributed by atoms with Gasteiger partial charge in [0.05, 0.1) is 49.4 Å². The number of piperazine rings is 1. The molecule has 0 bridgehead atoms. The lowest BCUT2D eigenvalue weighted by Crippen LogP contribution is -2.52. The Bertz CT molecular complexity index is 2100. The molecule has 2 aliphatic heterocycles. The molecule has 2 saturated heterocycles. The van der Waals surface area contributed by atoms with Gasteiger partial charge in [-0.1, -0.05) is 62.8 Å². The molecule has 0 saturated carbocycles. The van der Waals surface area contributed by atoms with Crippen molar-refractivity contribution < 1.29 is 37.0 Å². The van der Waals surface area contributed by atoms with Gasteiger partial charge in [-0.25, -0.2) is 14.8 Å². The smallest absolute Gasteiger partial charge is 0.453 e. The number of H-pyrrole nitrogens is 1. The molecule has 0 spiro atoms. The molecule has 2 aliphatic rings. The number of rotatable bonds is 10. The summed E-state index contributed by atoms with van der Waals surface area (Å²) in [5.74, 6) is -0.258. The van der Waals surface area contributed by atoms with E-state index in [0.29, 0.717) is 34.6 Å².